The summed E-state index contributed by atoms with van der Waals surface area (Å²) < 4.78 is 15.2. The average Bonchev–Trinajstić information content (AvgIpc) is 2.58. The molecule has 0 aliphatic rings. The van der Waals surface area contributed by atoms with Crippen molar-refractivity contribution < 1.29 is 23.8 Å². The fourth-order valence-electron chi connectivity index (χ4n) is 1.69. The van der Waals surface area contributed by atoms with E-state index in [0.29, 0.717) is 42.6 Å². The Morgan fingerprint density at radius 2 is 1.84 bits per heavy atom. The van der Waals surface area contributed by atoms with Crippen molar-refractivity contribution in [3.8, 4) is 5.75 Å². The number of nitrogens with one attached hydrogen (secondary N) is 2. The minimum Gasteiger partial charge on any atom is -0.484 e. The van der Waals surface area contributed by atoms with Crippen molar-refractivity contribution in [3.05, 3.63) is 41.6 Å². The van der Waals surface area contributed by atoms with Gasteiger partial charge in [0.1, 0.15) is 12.4 Å². The summed E-state index contributed by atoms with van der Waals surface area (Å²) in [5, 5.41) is 5.88. The number of halogens is 1. The van der Waals surface area contributed by atoms with E-state index < -0.39 is 0 Å². The Morgan fingerprint density at radius 3 is 2.52 bits per heavy atom. The van der Waals surface area contributed by atoms with Gasteiger partial charge in [-0.05, 0) is 24.3 Å². The van der Waals surface area contributed by atoms with Crippen LogP contribution in [-0.2, 0) is 19.1 Å². The van der Waals surface area contributed by atoms with Crippen molar-refractivity contribution >= 4 is 23.4 Å². The van der Waals surface area contributed by atoms with E-state index in [-0.39, 0.29) is 25.0 Å². The summed E-state index contributed by atoms with van der Waals surface area (Å²) in [5.41, 5.74) is 0.499. The number of ether oxygens (including phenoxy) is 3. The van der Waals surface area contributed by atoms with Crippen LogP contribution in [0.2, 0.25) is 5.02 Å². The molecule has 0 fully saturated rings. The number of hydrogen-bond donors (Lipinski definition) is 2. The Hall–Kier alpha value is -2.09. The highest BCUT2D eigenvalue weighted by Gasteiger charge is 2.05. The molecule has 0 saturated carbocycles. The molecule has 1 aromatic rings. The molecule has 0 unspecified atom stereocenters. The third-order valence-corrected chi connectivity index (χ3v) is 3.17. The first kappa shape index (κ1) is 21.0. The second kappa shape index (κ2) is 12.3. The van der Waals surface area contributed by atoms with Crippen LogP contribution in [0.4, 0.5) is 0 Å². The summed E-state index contributed by atoms with van der Waals surface area (Å²) in [6.07, 6.45) is 0.413. The maximum Gasteiger partial charge on any atom is 0.257 e. The molecule has 0 bridgehead atoms. The Balaban J connectivity index is 2.10. The summed E-state index contributed by atoms with van der Waals surface area (Å²) in [4.78, 5) is 23.2. The summed E-state index contributed by atoms with van der Waals surface area (Å²) in [6.45, 7) is 4.68. The molecule has 138 valence electrons. The topological polar surface area (TPSA) is 85.9 Å². The Bertz CT molecular complexity index is 563. The highest BCUT2D eigenvalue weighted by Crippen LogP contribution is 2.15. The lowest BCUT2D eigenvalue weighted by Gasteiger charge is -2.10. The van der Waals surface area contributed by atoms with Crippen molar-refractivity contribution in [3.63, 3.8) is 0 Å². The molecule has 7 nitrogen and oxygen atoms in total. The lowest BCUT2D eigenvalue weighted by atomic mass is 10.3. The van der Waals surface area contributed by atoms with E-state index >= 15 is 0 Å². The molecule has 0 aliphatic heterocycles. The number of hydrogen-bond acceptors (Lipinski definition) is 5. The molecular formula is C17H23ClN2O5. The molecule has 25 heavy (non-hydrogen) atoms. The molecule has 0 atom stereocenters. The van der Waals surface area contributed by atoms with Crippen LogP contribution in [-0.4, -0.2) is 51.9 Å². The Labute approximate surface area is 152 Å². The summed E-state index contributed by atoms with van der Waals surface area (Å²) in [6, 6.07) is 6.73. The fourth-order valence-corrected chi connectivity index (χ4v) is 1.81. The third kappa shape index (κ3) is 10.4. The number of amides is 2. The predicted molar refractivity (Wildman–Crippen MR) is 94.6 cm³/mol. The molecule has 0 heterocycles. The molecule has 0 radical (unpaired) electrons. The second-order valence-corrected chi connectivity index (χ2v) is 5.48. The first-order valence-electron chi connectivity index (χ1n) is 7.70. The van der Waals surface area contributed by atoms with Gasteiger partial charge in [0.05, 0.1) is 13.2 Å². The SMILES string of the molecule is C=C(CCNC(=O)COc1ccc(Cl)cc1)NC(=O)COCCOC. The summed E-state index contributed by atoms with van der Waals surface area (Å²) in [7, 11) is 1.56. The van der Waals surface area contributed by atoms with Gasteiger partial charge >= 0.3 is 0 Å². The van der Waals surface area contributed by atoms with E-state index in [1.54, 1.807) is 31.4 Å². The van der Waals surface area contributed by atoms with Gasteiger partial charge < -0.3 is 24.8 Å². The van der Waals surface area contributed by atoms with Gasteiger partial charge in [-0.15, -0.1) is 0 Å². The first-order valence-corrected chi connectivity index (χ1v) is 8.08. The predicted octanol–water partition coefficient (Wildman–Crippen LogP) is 1.52. The number of carbonyl (C=O) groups excluding carboxylic acids is 2. The van der Waals surface area contributed by atoms with Gasteiger partial charge in [0, 0.05) is 30.8 Å². The van der Waals surface area contributed by atoms with Crippen LogP contribution >= 0.6 is 11.6 Å². The zero-order chi connectivity index (χ0) is 18.5. The molecule has 2 N–H and O–H groups in total. The van der Waals surface area contributed by atoms with Gasteiger partial charge in [-0.2, -0.15) is 0 Å². The quantitative estimate of drug-likeness (QED) is 0.545. The molecular weight excluding hydrogens is 348 g/mol. The molecule has 0 aliphatic carbocycles. The van der Waals surface area contributed by atoms with E-state index in [0.717, 1.165) is 0 Å². The normalized spacial score (nSPS) is 10.2. The fraction of sp³-hybridized carbons (Fsp3) is 0.412. The third-order valence-electron chi connectivity index (χ3n) is 2.91. The lowest BCUT2D eigenvalue weighted by Crippen LogP contribution is -2.32. The van der Waals surface area contributed by atoms with Crippen LogP contribution in [0, 0.1) is 0 Å². The van der Waals surface area contributed by atoms with Crippen LogP contribution in [0.1, 0.15) is 6.42 Å². The van der Waals surface area contributed by atoms with Crippen LogP contribution in [0.15, 0.2) is 36.5 Å². The molecule has 0 aromatic heterocycles. The van der Waals surface area contributed by atoms with Gasteiger partial charge in [-0.1, -0.05) is 18.2 Å². The van der Waals surface area contributed by atoms with Crippen LogP contribution < -0.4 is 15.4 Å². The van der Waals surface area contributed by atoms with E-state index in [9.17, 15) is 9.59 Å². The molecule has 1 aromatic carbocycles. The van der Waals surface area contributed by atoms with Crippen molar-refractivity contribution in [2.24, 2.45) is 0 Å². The zero-order valence-corrected chi connectivity index (χ0v) is 14.9. The van der Waals surface area contributed by atoms with E-state index in [2.05, 4.69) is 17.2 Å². The maximum atomic E-state index is 11.7. The lowest BCUT2D eigenvalue weighted by molar-refractivity contribution is -0.125. The van der Waals surface area contributed by atoms with Crippen molar-refractivity contribution in [2.75, 3.05) is 40.1 Å². The van der Waals surface area contributed by atoms with Gasteiger partial charge in [-0.3, -0.25) is 9.59 Å². The van der Waals surface area contributed by atoms with Gasteiger partial charge in [-0.25, -0.2) is 0 Å². The molecule has 0 saturated heterocycles. The van der Waals surface area contributed by atoms with Gasteiger partial charge in [0.25, 0.3) is 5.91 Å². The largest absolute Gasteiger partial charge is 0.484 e. The monoisotopic (exact) mass is 370 g/mol. The van der Waals surface area contributed by atoms with Crippen LogP contribution in [0.25, 0.3) is 0 Å². The summed E-state index contributed by atoms with van der Waals surface area (Å²) in [5.74, 6) is 0.000160. The van der Waals surface area contributed by atoms with Gasteiger partial charge in [0.15, 0.2) is 6.61 Å². The van der Waals surface area contributed by atoms with E-state index in [1.807, 2.05) is 0 Å². The molecule has 2 amide bonds. The average molecular weight is 371 g/mol. The molecule has 1 rings (SSSR count). The molecule has 8 heteroatoms. The number of benzene rings is 1. The van der Waals surface area contributed by atoms with Gasteiger partial charge in [0.2, 0.25) is 5.91 Å². The minimum atomic E-state index is -0.293. The number of methoxy groups -OCH3 is 1. The Morgan fingerprint density at radius 1 is 1.12 bits per heavy atom. The summed E-state index contributed by atoms with van der Waals surface area (Å²) >= 11 is 5.76. The second-order valence-electron chi connectivity index (χ2n) is 5.04. The standard InChI is InChI=1S/C17H23ClN2O5/c1-13(20-17(22)11-24-10-9-23-2)7-8-19-16(21)12-25-15-5-3-14(18)4-6-15/h3-6H,1,7-12H2,2H3,(H,19,21)(H,20,22). The number of carbonyl (C=O) groups is 2. The first-order chi connectivity index (χ1) is 12.0. The smallest absolute Gasteiger partial charge is 0.257 e. The van der Waals surface area contributed by atoms with E-state index in [4.69, 9.17) is 25.8 Å². The zero-order valence-electron chi connectivity index (χ0n) is 14.2. The molecule has 0 spiro atoms. The maximum absolute atomic E-state index is 11.7. The minimum absolute atomic E-state index is 0.0658. The van der Waals surface area contributed by atoms with E-state index in [1.165, 1.54) is 0 Å². The van der Waals surface area contributed by atoms with Crippen LogP contribution in [0.5, 0.6) is 5.75 Å². The van der Waals surface area contributed by atoms with Crippen molar-refractivity contribution in [1.82, 2.24) is 10.6 Å². The van der Waals surface area contributed by atoms with Crippen molar-refractivity contribution in [2.45, 2.75) is 6.42 Å². The van der Waals surface area contributed by atoms with Crippen molar-refractivity contribution in [1.29, 1.82) is 0 Å². The Kier molecular flexibility index (Phi) is 10.3. The van der Waals surface area contributed by atoms with Crippen LogP contribution in [0.3, 0.4) is 0 Å². The highest BCUT2D eigenvalue weighted by atomic mass is 35.5. The highest BCUT2D eigenvalue weighted by molar-refractivity contribution is 6.30. The number of rotatable bonds is 12.